The molecule has 1 atom stereocenters. The Bertz CT molecular complexity index is 286. The Kier molecular flexibility index (Phi) is 9.97. The van der Waals surface area contributed by atoms with Crippen molar-refractivity contribution in [2.24, 2.45) is 5.41 Å². The van der Waals surface area contributed by atoms with E-state index in [0.29, 0.717) is 25.7 Å². The minimum Gasteiger partial charge on any atom is -0.289 e. The van der Waals surface area contributed by atoms with Crippen LogP contribution in [0.5, 0.6) is 0 Å². The van der Waals surface area contributed by atoms with Gasteiger partial charge in [-0.15, -0.1) is 0 Å². The highest BCUT2D eigenvalue weighted by molar-refractivity contribution is 5.89. The van der Waals surface area contributed by atoms with Crippen LogP contribution in [0, 0.1) is 5.41 Å². The first-order valence-electron chi connectivity index (χ1n) is 8.39. The summed E-state index contributed by atoms with van der Waals surface area (Å²) in [6.07, 6.45) is 4.60. The smallest absolute Gasteiger partial charge is 0.289 e. The van der Waals surface area contributed by atoms with Crippen molar-refractivity contribution >= 4 is 5.78 Å². The maximum Gasteiger partial charge on any atom is 0.450 e. The first kappa shape index (κ1) is 20.5. The Morgan fingerprint density at radius 2 is 1.14 bits per heavy atom. The summed E-state index contributed by atoms with van der Waals surface area (Å²) in [5.74, 6) is -1.53. The molecule has 0 aliphatic rings. The molecule has 0 heterocycles. The fraction of sp³-hybridized carbons (Fsp3) is 0.941. The van der Waals surface area contributed by atoms with E-state index in [9.17, 15) is 18.0 Å². The predicted octanol–water partition coefficient (Wildman–Crippen LogP) is 6.46. The normalized spacial score (nSPS) is 15.0. The quantitative estimate of drug-likeness (QED) is 0.378. The van der Waals surface area contributed by atoms with Gasteiger partial charge in [-0.05, 0) is 12.8 Å². The molecule has 0 radical (unpaired) electrons. The summed E-state index contributed by atoms with van der Waals surface area (Å²) in [6.45, 7) is 5.67. The van der Waals surface area contributed by atoms with Crippen molar-refractivity contribution in [3.8, 4) is 0 Å². The zero-order valence-electron chi connectivity index (χ0n) is 13.8. The van der Waals surface area contributed by atoms with Gasteiger partial charge in [0.15, 0.2) is 0 Å². The molecule has 0 saturated carbocycles. The highest BCUT2D eigenvalue weighted by Gasteiger charge is 2.49. The van der Waals surface area contributed by atoms with Crippen LogP contribution < -0.4 is 0 Å². The molecule has 0 aromatic carbocycles. The van der Waals surface area contributed by atoms with Crippen molar-refractivity contribution in [1.29, 1.82) is 0 Å². The van der Waals surface area contributed by atoms with Crippen LogP contribution in [-0.4, -0.2) is 12.0 Å². The fourth-order valence-corrected chi connectivity index (χ4v) is 2.75. The molecule has 0 amide bonds. The average Bonchev–Trinajstić information content (AvgIpc) is 2.41. The van der Waals surface area contributed by atoms with Gasteiger partial charge in [-0.3, -0.25) is 4.79 Å². The Hall–Kier alpha value is -0.540. The summed E-state index contributed by atoms with van der Waals surface area (Å²) in [7, 11) is 0. The van der Waals surface area contributed by atoms with Crippen molar-refractivity contribution in [2.45, 2.75) is 97.6 Å². The lowest BCUT2D eigenvalue weighted by molar-refractivity contribution is -0.182. The van der Waals surface area contributed by atoms with E-state index in [0.717, 1.165) is 44.9 Å². The van der Waals surface area contributed by atoms with Crippen LogP contribution in [0.4, 0.5) is 13.2 Å². The van der Waals surface area contributed by atoms with Gasteiger partial charge >= 0.3 is 6.18 Å². The number of carbonyl (C=O) groups excluding carboxylic acids is 1. The first-order chi connectivity index (χ1) is 9.78. The molecular formula is C17H31F3O. The summed E-state index contributed by atoms with van der Waals surface area (Å²) < 4.78 is 38.4. The summed E-state index contributed by atoms with van der Waals surface area (Å²) >= 11 is 0. The number of unbranched alkanes of at least 4 members (excludes halogenated alkanes) is 7. The third kappa shape index (κ3) is 8.47. The number of hydrogen-bond acceptors (Lipinski definition) is 1. The van der Waals surface area contributed by atoms with E-state index in [1.54, 1.807) is 0 Å². The summed E-state index contributed by atoms with van der Waals surface area (Å²) in [6, 6.07) is 0. The van der Waals surface area contributed by atoms with E-state index in [-0.39, 0.29) is 0 Å². The lowest BCUT2D eigenvalue weighted by Crippen LogP contribution is -2.39. The average molecular weight is 308 g/mol. The molecule has 0 spiro atoms. The van der Waals surface area contributed by atoms with Crippen molar-refractivity contribution < 1.29 is 18.0 Å². The van der Waals surface area contributed by atoms with E-state index in [4.69, 9.17) is 0 Å². The molecule has 0 fully saturated rings. The molecule has 0 aromatic heterocycles. The van der Waals surface area contributed by atoms with Gasteiger partial charge in [0.25, 0.3) is 0 Å². The largest absolute Gasteiger partial charge is 0.450 e. The van der Waals surface area contributed by atoms with Crippen LogP contribution in [0.1, 0.15) is 91.4 Å². The lowest BCUT2D eigenvalue weighted by Gasteiger charge is -2.29. The molecular weight excluding hydrogens is 277 g/mol. The number of rotatable bonds is 12. The minimum atomic E-state index is -4.71. The number of ketones is 1. The van der Waals surface area contributed by atoms with E-state index >= 15 is 0 Å². The molecule has 0 aliphatic carbocycles. The maximum absolute atomic E-state index is 12.8. The third-order valence-corrected chi connectivity index (χ3v) is 4.22. The summed E-state index contributed by atoms with van der Waals surface area (Å²) in [4.78, 5) is 11.7. The zero-order chi connectivity index (χ0) is 16.4. The zero-order valence-corrected chi connectivity index (χ0v) is 13.8. The molecule has 0 rings (SSSR count). The minimum absolute atomic E-state index is 0.360. The van der Waals surface area contributed by atoms with Crippen molar-refractivity contribution in [3.63, 3.8) is 0 Å². The van der Waals surface area contributed by atoms with Gasteiger partial charge < -0.3 is 0 Å². The Morgan fingerprint density at radius 1 is 0.762 bits per heavy atom. The van der Waals surface area contributed by atoms with Gasteiger partial charge in [0.05, 0.1) is 0 Å². The topological polar surface area (TPSA) is 17.1 Å². The van der Waals surface area contributed by atoms with E-state index < -0.39 is 17.4 Å². The van der Waals surface area contributed by atoms with Crippen LogP contribution in [0.25, 0.3) is 0 Å². The van der Waals surface area contributed by atoms with E-state index in [1.807, 2.05) is 0 Å². The molecule has 1 unspecified atom stereocenters. The number of carbonyl (C=O) groups is 1. The summed E-state index contributed by atoms with van der Waals surface area (Å²) in [5, 5.41) is 0. The predicted molar refractivity (Wildman–Crippen MR) is 81.3 cm³/mol. The van der Waals surface area contributed by atoms with E-state index in [1.165, 1.54) is 6.92 Å². The first-order valence-corrected chi connectivity index (χ1v) is 8.39. The third-order valence-electron chi connectivity index (χ3n) is 4.22. The SMILES string of the molecule is CCCCCCCC(C)(CCCCCC)C(=O)C(F)(F)F. The van der Waals surface area contributed by atoms with Gasteiger partial charge in [0.1, 0.15) is 0 Å². The molecule has 0 N–H and O–H groups in total. The molecule has 0 aliphatic heterocycles. The summed E-state index contributed by atoms with van der Waals surface area (Å²) in [5.41, 5.74) is -1.22. The van der Waals surface area contributed by atoms with Gasteiger partial charge in [0, 0.05) is 5.41 Å². The van der Waals surface area contributed by atoms with Crippen LogP contribution in [0.3, 0.4) is 0 Å². The number of hydrogen-bond donors (Lipinski definition) is 0. The molecule has 21 heavy (non-hydrogen) atoms. The molecule has 126 valence electrons. The number of alkyl halides is 3. The molecule has 4 heteroatoms. The standard InChI is InChI=1S/C17H31F3O/c1-4-6-8-10-12-14-16(3,13-11-9-7-5-2)15(21)17(18,19)20/h4-14H2,1-3H3. The van der Waals surface area contributed by atoms with Crippen molar-refractivity contribution in [2.75, 3.05) is 0 Å². The Balaban J connectivity index is 4.48. The number of halogens is 3. The second kappa shape index (κ2) is 10.2. The molecule has 0 aromatic rings. The van der Waals surface area contributed by atoms with Gasteiger partial charge in [-0.2, -0.15) is 13.2 Å². The monoisotopic (exact) mass is 308 g/mol. The van der Waals surface area contributed by atoms with Crippen LogP contribution in [0.2, 0.25) is 0 Å². The maximum atomic E-state index is 12.8. The second-order valence-corrected chi connectivity index (χ2v) is 6.36. The van der Waals surface area contributed by atoms with Gasteiger partial charge in [-0.1, -0.05) is 78.6 Å². The van der Waals surface area contributed by atoms with Crippen LogP contribution in [0.15, 0.2) is 0 Å². The highest BCUT2D eigenvalue weighted by atomic mass is 19.4. The van der Waals surface area contributed by atoms with Gasteiger partial charge in [0.2, 0.25) is 5.78 Å². The highest BCUT2D eigenvalue weighted by Crippen LogP contribution is 2.38. The second-order valence-electron chi connectivity index (χ2n) is 6.36. The van der Waals surface area contributed by atoms with Crippen molar-refractivity contribution in [1.82, 2.24) is 0 Å². The van der Waals surface area contributed by atoms with Crippen LogP contribution >= 0.6 is 0 Å². The Labute approximate surface area is 127 Å². The Morgan fingerprint density at radius 3 is 1.52 bits per heavy atom. The molecule has 0 bridgehead atoms. The lowest BCUT2D eigenvalue weighted by atomic mass is 9.76. The molecule has 1 nitrogen and oxygen atoms in total. The van der Waals surface area contributed by atoms with Crippen molar-refractivity contribution in [3.05, 3.63) is 0 Å². The van der Waals surface area contributed by atoms with Crippen LogP contribution in [-0.2, 0) is 4.79 Å². The van der Waals surface area contributed by atoms with E-state index in [2.05, 4.69) is 13.8 Å². The fourth-order valence-electron chi connectivity index (χ4n) is 2.75. The van der Waals surface area contributed by atoms with Gasteiger partial charge in [-0.25, -0.2) is 0 Å². The number of Topliss-reactive ketones (excluding diaryl/α,β-unsaturated/α-hetero) is 1. The molecule has 0 saturated heterocycles.